The first-order valence-corrected chi connectivity index (χ1v) is 7.41. The summed E-state index contributed by atoms with van der Waals surface area (Å²) in [5.74, 6) is 0. The summed E-state index contributed by atoms with van der Waals surface area (Å²) in [5, 5.41) is 0.414. The van der Waals surface area contributed by atoms with Crippen molar-refractivity contribution in [3.63, 3.8) is 0 Å². The molecule has 0 unspecified atom stereocenters. The lowest BCUT2D eigenvalue weighted by Crippen LogP contribution is -2.04. The highest BCUT2D eigenvalue weighted by Crippen LogP contribution is 2.31. The van der Waals surface area contributed by atoms with Gasteiger partial charge in [-0.15, -0.1) is 0 Å². The second kappa shape index (κ2) is 7.01. The van der Waals surface area contributed by atoms with Crippen molar-refractivity contribution in [1.82, 2.24) is 0 Å². The van der Waals surface area contributed by atoms with E-state index in [4.69, 9.17) is 11.6 Å². The second-order valence-corrected chi connectivity index (χ2v) is 5.47. The molecular formula is C18H16ClF3. The van der Waals surface area contributed by atoms with Crippen molar-refractivity contribution in [2.75, 3.05) is 0 Å². The highest BCUT2D eigenvalue weighted by Gasteiger charge is 2.29. The molecule has 0 heterocycles. The van der Waals surface area contributed by atoms with Crippen LogP contribution in [0.1, 0.15) is 35.6 Å². The molecule has 4 heteroatoms. The molecule has 2 aromatic rings. The predicted molar refractivity (Wildman–Crippen MR) is 85.6 cm³/mol. The van der Waals surface area contributed by atoms with Gasteiger partial charge in [0.25, 0.3) is 0 Å². The third kappa shape index (κ3) is 4.38. The molecule has 0 N–H and O–H groups in total. The van der Waals surface area contributed by atoms with Crippen LogP contribution in [0.4, 0.5) is 13.2 Å². The first kappa shape index (κ1) is 16.6. The monoisotopic (exact) mass is 324 g/mol. The maximum Gasteiger partial charge on any atom is 0.416 e. The standard InChI is InChI=1S/C18H16ClF3/c1-2-3-13-4-6-14(7-5-13)12-17(19)15-8-10-16(11-9-15)18(20,21)22/h4-12H,2-3H2,1H3/b17-12-. The van der Waals surface area contributed by atoms with Crippen LogP contribution in [0.15, 0.2) is 48.5 Å². The average Bonchev–Trinajstić information content (AvgIpc) is 2.49. The van der Waals surface area contributed by atoms with E-state index in [9.17, 15) is 13.2 Å². The highest BCUT2D eigenvalue weighted by molar-refractivity contribution is 6.51. The number of rotatable bonds is 4. The Balaban J connectivity index is 2.17. The van der Waals surface area contributed by atoms with Crippen molar-refractivity contribution in [3.05, 3.63) is 70.8 Å². The fraction of sp³-hybridized carbons (Fsp3) is 0.222. The van der Waals surface area contributed by atoms with E-state index in [1.54, 1.807) is 6.08 Å². The first-order chi connectivity index (χ1) is 10.4. The smallest absolute Gasteiger partial charge is 0.166 e. The van der Waals surface area contributed by atoms with E-state index in [1.165, 1.54) is 17.7 Å². The highest BCUT2D eigenvalue weighted by atomic mass is 35.5. The van der Waals surface area contributed by atoms with Gasteiger partial charge in [-0.3, -0.25) is 0 Å². The molecule has 0 atom stereocenters. The van der Waals surface area contributed by atoms with Crippen LogP contribution in [0.5, 0.6) is 0 Å². The number of halogens is 4. The van der Waals surface area contributed by atoms with Crippen molar-refractivity contribution in [2.24, 2.45) is 0 Å². The van der Waals surface area contributed by atoms with Gasteiger partial charge >= 0.3 is 6.18 Å². The molecule has 0 saturated carbocycles. The molecule has 22 heavy (non-hydrogen) atoms. The Morgan fingerprint density at radius 3 is 2.09 bits per heavy atom. The third-order valence-electron chi connectivity index (χ3n) is 3.30. The summed E-state index contributed by atoms with van der Waals surface area (Å²) in [7, 11) is 0. The molecule has 0 radical (unpaired) electrons. The molecule has 0 aliphatic carbocycles. The Morgan fingerprint density at radius 1 is 1.00 bits per heavy atom. The van der Waals surface area contributed by atoms with Crippen molar-refractivity contribution in [3.8, 4) is 0 Å². The van der Waals surface area contributed by atoms with Crippen molar-refractivity contribution in [2.45, 2.75) is 25.9 Å². The fourth-order valence-corrected chi connectivity index (χ4v) is 2.37. The summed E-state index contributed by atoms with van der Waals surface area (Å²) in [6.45, 7) is 2.12. The average molecular weight is 325 g/mol. The van der Waals surface area contributed by atoms with Gasteiger partial charge in [-0.2, -0.15) is 13.2 Å². The molecule has 2 aromatic carbocycles. The number of hydrogen-bond donors (Lipinski definition) is 0. The minimum Gasteiger partial charge on any atom is -0.166 e. The van der Waals surface area contributed by atoms with Gasteiger partial charge in [0.2, 0.25) is 0 Å². The Hall–Kier alpha value is -1.74. The molecule has 0 saturated heterocycles. The van der Waals surface area contributed by atoms with Crippen LogP contribution < -0.4 is 0 Å². The third-order valence-corrected chi connectivity index (χ3v) is 3.63. The van der Waals surface area contributed by atoms with E-state index in [0.717, 1.165) is 30.5 Å². The van der Waals surface area contributed by atoms with Gasteiger partial charge in [0, 0.05) is 5.03 Å². The minimum atomic E-state index is -4.33. The molecule has 0 amide bonds. The van der Waals surface area contributed by atoms with Gasteiger partial charge in [0.05, 0.1) is 5.56 Å². The van der Waals surface area contributed by atoms with E-state index in [1.807, 2.05) is 24.3 Å². The Bertz CT molecular complexity index is 638. The number of hydrogen-bond acceptors (Lipinski definition) is 0. The molecule has 0 aromatic heterocycles. The zero-order valence-electron chi connectivity index (χ0n) is 12.1. The topological polar surface area (TPSA) is 0 Å². The molecule has 0 bridgehead atoms. The lowest BCUT2D eigenvalue weighted by molar-refractivity contribution is -0.137. The van der Waals surface area contributed by atoms with Gasteiger partial charge in [-0.1, -0.05) is 61.3 Å². The number of aryl methyl sites for hydroxylation is 1. The fourth-order valence-electron chi connectivity index (χ4n) is 2.12. The van der Waals surface area contributed by atoms with Crippen LogP contribution in [0.3, 0.4) is 0 Å². The van der Waals surface area contributed by atoms with Crippen molar-refractivity contribution >= 4 is 22.7 Å². The van der Waals surface area contributed by atoms with Crippen LogP contribution in [-0.2, 0) is 12.6 Å². The van der Waals surface area contributed by atoms with E-state index < -0.39 is 11.7 Å². The van der Waals surface area contributed by atoms with Crippen LogP contribution in [0.25, 0.3) is 11.1 Å². The van der Waals surface area contributed by atoms with E-state index in [0.29, 0.717) is 10.6 Å². The largest absolute Gasteiger partial charge is 0.416 e. The summed E-state index contributed by atoms with van der Waals surface area (Å²) in [4.78, 5) is 0. The molecular weight excluding hydrogens is 309 g/mol. The summed E-state index contributed by atoms with van der Waals surface area (Å²) >= 11 is 6.19. The van der Waals surface area contributed by atoms with E-state index in [2.05, 4.69) is 6.92 Å². The normalized spacial score (nSPS) is 12.5. The van der Waals surface area contributed by atoms with Crippen LogP contribution in [0, 0.1) is 0 Å². The molecule has 0 aliphatic rings. The van der Waals surface area contributed by atoms with E-state index >= 15 is 0 Å². The van der Waals surface area contributed by atoms with Gasteiger partial charge < -0.3 is 0 Å². The maximum atomic E-state index is 12.5. The molecule has 0 aliphatic heterocycles. The van der Waals surface area contributed by atoms with Crippen LogP contribution in [-0.4, -0.2) is 0 Å². The van der Waals surface area contributed by atoms with Crippen LogP contribution in [0.2, 0.25) is 0 Å². The number of alkyl halides is 3. The zero-order valence-corrected chi connectivity index (χ0v) is 12.9. The van der Waals surface area contributed by atoms with Gasteiger partial charge in [-0.25, -0.2) is 0 Å². The van der Waals surface area contributed by atoms with E-state index in [-0.39, 0.29) is 0 Å². The zero-order chi connectivity index (χ0) is 16.2. The summed E-state index contributed by atoms with van der Waals surface area (Å²) < 4.78 is 37.6. The Morgan fingerprint density at radius 2 is 1.59 bits per heavy atom. The first-order valence-electron chi connectivity index (χ1n) is 7.04. The molecule has 0 fully saturated rings. The second-order valence-electron chi connectivity index (χ2n) is 5.06. The maximum absolute atomic E-state index is 12.5. The molecule has 2 rings (SSSR count). The Labute approximate surface area is 133 Å². The molecule has 0 nitrogen and oxygen atoms in total. The predicted octanol–water partition coefficient (Wildman–Crippen LogP) is 6.39. The molecule has 0 spiro atoms. The summed E-state index contributed by atoms with van der Waals surface area (Å²) in [6, 6.07) is 12.8. The van der Waals surface area contributed by atoms with Gasteiger partial charge in [0.1, 0.15) is 0 Å². The van der Waals surface area contributed by atoms with Gasteiger partial charge in [0.15, 0.2) is 0 Å². The summed E-state index contributed by atoms with van der Waals surface area (Å²) in [6.07, 6.45) is -0.470. The lowest BCUT2D eigenvalue weighted by atomic mass is 10.1. The minimum absolute atomic E-state index is 0.414. The number of benzene rings is 2. The van der Waals surface area contributed by atoms with Crippen molar-refractivity contribution in [1.29, 1.82) is 0 Å². The lowest BCUT2D eigenvalue weighted by Gasteiger charge is -2.07. The van der Waals surface area contributed by atoms with Crippen molar-refractivity contribution < 1.29 is 13.2 Å². The Kier molecular flexibility index (Phi) is 5.30. The van der Waals surface area contributed by atoms with Gasteiger partial charge in [-0.05, 0) is 41.3 Å². The summed E-state index contributed by atoms with van der Waals surface area (Å²) in [5.41, 5.74) is 2.06. The van der Waals surface area contributed by atoms with Crippen LogP contribution >= 0.6 is 11.6 Å². The molecule has 116 valence electrons. The quantitative estimate of drug-likeness (QED) is 0.571. The SMILES string of the molecule is CCCc1ccc(/C=C(\Cl)c2ccc(C(F)(F)F)cc2)cc1.